The summed E-state index contributed by atoms with van der Waals surface area (Å²) >= 11 is 3.59. The van der Waals surface area contributed by atoms with Crippen LogP contribution in [0.2, 0.25) is 0 Å². The first-order valence-electron chi connectivity index (χ1n) is 1.77. The Balaban J connectivity index is 3.82. The Morgan fingerprint density at radius 3 is 2.29 bits per heavy atom. The zero-order valence-corrected chi connectivity index (χ0v) is 4.77. The number of carboxylic acids is 1. The van der Waals surface area contributed by atoms with Crippen LogP contribution >= 0.6 is 12.6 Å². The molecule has 40 valence electrons. The lowest BCUT2D eigenvalue weighted by Gasteiger charge is -1.82. The average Bonchev–Trinajstić information content (AvgIpc) is 1.65. The highest BCUT2D eigenvalue weighted by Gasteiger charge is 1.94. The van der Waals surface area contributed by atoms with Gasteiger partial charge in [0.15, 0.2) is 0 Å². The summed E-state index contributed by atoms with van der Waals surface area (Å²) in [5, 5.41) is 8.04. The number of allylic oxidation sites excluding steroid dienone is 1. The maximum atomic E-state index is 9.79. The summed E-state index contributed by atoms with van der Waals surface area (Å²) < 4.78 is 0. The maximum Gasteiger partial charge on any atom is 0.341 e. The van der Waals surface area contributed by atoms with Crippen molar-refractivity contribution in [3.05, 3.63) is 11.0 Å². The molecule has 0 fully saturated rings. The lowest BCUT2D eigenvalue weighted by molar-refractivity contribution is -0.131. The van der Waals surface area contributed by atoms with E-state index in [0.29, 0.717) is 0 Å². The van der Waals surface area contributed by atoms with Gasteiger partial charge >= 0.3 is 5.97 Å². The number of carbonyl (C=O) groups is 1. The SMILES string of the molecule is C/C=C(\S)C(=O)O. The van der Waals surface area contributed by atoms with Crippen LogP contribution in [0.1, 0.15) is 6.92 Å². The maximum absolute atomic E-state index is 9.79. The van der Waals surface area contributed by atoms with Crippen molar-refractivity contribution >= 4 is 18.6 Å². The standard InChI is InChI=1S/C4H6O2S/c1-2-3(7)4(5)6/h2,7H,1H3,(H,5,6)/b3-2-. The van der Waals surface area contributed by atoms with Crippen molar-refractivity contribution in [3.63, 3.8) is 0 Å². The van der Waals surface area contributed by atoms with E-state index in [0.717, 1.165) is 0 Å². The molecule has 3 heteroatoms. The second kappa shape index (κ2) is 2.69. The zero-order chi connectivity index (χ0) is 5.86. The number of aliphatic carboxylic acids is 1. The molecule has 2 nitrogen and oxygen atoms in total. The van der Waals surface area contributed by atoms with Crippen LogP contribution in [0.5, 0.6) is 0 Å². The summed E-state index contributed by atoms with van der Waals surface area (Å²) in [6.07, 6.45) is 1.42. The molecule has 0 aromatic heterocycles. The second-order valence-corrected chi connectivity index (χ2v) is 1.46. The lowest BCUT2D eigenvalue weighted by atomic mass is 10.5. The van der Waals surface area contributed by atoms with Crippen LogP contribution in [0.15, 0.2) is 11.0 Å². The molecule has 0 aromatic rings. The van der Waals surface area contributed by atoms with Crippen LogP contribution in [-0.4, -0.2) is 11.1 Å². The van der Waals surface area contributed by atoms with Crippen molar-refractivity contribution in [2.45, 2.75) is 6.92 Å². The van der Waals surface area contributed by atoms with Gasteiger partial charge in [0.05, 0.1) is 4.91 Å². The molecule has 0 spiro atoms. The van der Waals surface area contributed by atoms with Crippen LogP contribution in [0.3, 0.4) is 0 Å². The molecule has 0 heterocycles. The predicted molar refractivity (Wildman–Crippen MR) is 30.4 cm³/mol. The summed E-state index contributed by atoms with van der Waals surface area (Å²) in [7, 11) is 0. The van der Waals surface area contributed by atoms with E-state index in [1.54, 1.807) is 6.92 Å². The van der Waals surface area contributed by atoms with Crippen molar-refractivity contribution in [2.75, 3.05) is 0 Å². The summed E-state index contributed by atoms with van der Waals surface area (Å²) in [4.78, 5) is 9.87. The molecule has 0 bridgehead atoms. The highest BCUT2D eigenvalue weighted by molar-refractivity contribution is 7.85. The van der Waals surface area contributed by atoms with Gasteiger partial charge in [-0.15, -0.1) is 12.6 Å². The molecule has 0 aliphatic rings. The largest absolute Gasteiger partial charge is 0.477 e. The molecule has 0 atom stereocenters. The number of hydrogen-bond donors (Lipinski definition) is 2. The Morgan fingerprint density at radius 1 is 1.86 bits per heavy atom. The smallest absolute Gasteiger partial charge is 0.341 e. The highest BCUT2D eigenvalue weighted by Crippen LogP contribution is 1.96. The van der Waals surface area contributed by atoms with Gasteiger partial charge in [-0.05, 0) is 6.92 Å². The fraction of sp³-hybridized carbons (Fsp3) is 0.250. The molecule has 0 aliphatic carbocycles. The minimum Gasteiger partial charge on any atom is -0.477 e. The van der Waals surface area contributed by atoms with Crippen molar-refractivity contribution in [3.8, 4) is 0 Å². The van der Waals surface area contributed by atoms with Crippen LogP contribution in [0, 0.1) is 0 Å². The summed E-state index contributed by atoms with van der Waals surface area (Å²) in [5.74, 6) is -0.981. The molecule has 0 saturated carbocycles. The van der Waals surface area contributed by atoms with Gasteiger partial charge in [-0.25, -0.2) is 4.79 Å². The topological polar surface area (TPSA) is 37.3 Å². The van der Waals surface area contributed by atoms with Gasteiger partial charge < -0.3 is 5.11 Å². The normalized spacial score (nSPS) is 11.4. The van der Waals surface area contributed by atoms with Crippen LogP contribution in [-0.2, 0) is 4.79 Å². The molecule has 0 aromatic carbocycles. The van der Waals surface area contributed by atoms with Crippen molar-refractivity contribution in [1.82, 2.24) is 0 Å². The van der Waals surface area contributed by atoms with E-state index < -0.39 is 5.97 Å². The number of carboxylic acid groups (broad SMARTS) is 1. The highest BCUT2D eigenvalue weighted by atomic mass is 32.1. The Bertz CT molecular complexity index is 106. The van der Waals surface area contributed by atoms with E-state index in [1.165, 1.54) is 6.08 Å². The van der Waals surface area contributed by atoms with Gasteiger partial charge in [-0.1, -0.05) is 6.08 Å². The zero-order valence-electron chi connectivity index (χ0n) is 3.88. The van der Waals surface area contributed by atoms with Gasteiger partial charge in [0.25, 0.3) is 0 Å². The quantitative estimate of drug-likeness (QED) is 0.396. The van der Waals surface area contributed by atoms with E-state index in [9.17, 15) is 4.79 Å². The third kappa shape index (κ3) is 2.28. The van der Waals surface area contributed by atoms with Crippen LogP contribution in [0.4, 0.5) is 0 Å². The van der Waals surface area contributed by atoms with Gasteiger partial charge in [0.2, 0.25) is 0 Å². The first kappa shape index (κ1) is 6.56. The molecular weight excluding hydrogens is 112 g/mol. The molecule has 0 unspecified atom stereocenters. The number of thiol groups is 1. The Hall–Kier alpha value is -0.440. The molecule has 0 amide bonds. The molecule has 0 aliphatic heterocycles. The van der Waals surface area contributed by atoms with Gasteiger partial charge in [-0.3, -0.25) is 0 Å². The summed E-state index contributed by atoms with van der Waals surface area (Å²) in [5.41, 5.74) is 0. The molecule has 0 radical (unpaired) electrons. The van der Waals surface area contributed by atoms with E-state index in [1.807, 2.05) is 0 Å². The first-order valence-corrected chi connectivity index (χ1v) is 2.21. The molecule has 0 saturated heterocycles. The summed E-state index contributed by atoms with van der Waals surface area (Å²) in [6.45, 7) is 1.62. The minimum atomic E-state index is -0.981. The molecular formula is C4H6O2S. The summed E-state index contributed by atoms with van der Waals surface area (Å²) in [6, 6.07) is 0. The van der Waals surface area contributed by atoms with E-state index in [2.05, 4.69) is 12.6 Å². The van der Waals surface area contributed by atoms with Crippen molar-refractivity contribution < 1.29 is 9.90 Å². The third-order valence-electron chi connectivity index (χ3n) is 0.493. The van der Waals surface area contributed by atoms with Crippen LogP contribution in [0.25, 0.3) is 0 Å². The van der Waals surface area contributed by atoms with Crippen LogP contribution < -0.4 is 0 Å². The minimum absolute atomic E-state index is 0.0833. The Kier molecular flexibility index (Phi) is 2.52. The Morgan fingerprint density at radius 2 is 2.29 bits per heavy atom. The Labute approximate surface area is 47.3 Å². The van der Waals surface area contributed by atoms with Crippen molar-refractivity contribution in [2.24, 2.45) is 0 Å². The molecule has 7 heavy (non-hydrogen) atoms. The monoisotopic (exact) mass is 118 g/mol. The second-order valence-electron chi connectivity index (χ2n) is 0.979. The fourth-order valence-electron chi connectivity index (χ4n) is 0.123. The lowest BCUT2D eigenvalue weighted by Crippen LogP contribution is -1.91. The fourth-order valence-corrected chi connectivity index (χ4v) is 0.123. The van der Waals surface area contributed by atoms with Gasteiger partial charge in [0.1, 0.15) is 0 Å². The third-order valence-corrected chi connectivity index (χ3v) is 0.942. The van der Waals surface area contributed by atoms with Crippen molar-refractivity contribution in [1.29, 1.82) is 0 Å². The van der Waals surface area contributed by atoms with Gasteiger partial charge in [-0.2, -0.15) is 0 Å². The van der Waals surface area contributed by atoms with E-state index in [-0.39, 0.29) is 4.91 Å². The first-order chi connectivity index (χ1) is 3.18. The molecule has 1 N–H and O–H groups in total. The van der Waals surface area contributed by atoms with E-state index >= 15 is 0 Å². The van der Waals surface area contributed by atoms with Gasteiger partial charge in [0, 0.05) is 0 Å². The number of rotatable bonds is 1. The average molecular weight is 118 g/mol. The number of hydrogen-bond acceptors (Lipinski definition) is 2. The predicted octanol–water partition coefficient (Wildman–Crippen LogP) is 0.905. The molecule has 0 rings (SSSR count). The van der Waals surface area contributed by atoms with E-state index in [4.69, 9.17) is 5.11 Å².